The molecule has 70 heavy (non-hydrogen) atoms. The number of nitrogens with zero attached hydrogens (tertiary/aromatic N) is 5. The number of nitrogens with two attached hydrogens (primary N) is 3. The molecule has 0 aromatic carbocycles. The highest BCUT2D eigenvalue weighted by Gasteiger charge is 2.46. The lowest BCUT2D eigenvalue weighted by atomic mass is 10.2. The Morgan fingerprint density at radius 3 is 1.67 bits per heavy atom. The number of rotatable bonds is 23. The van der Waals surface area contributed by atoms with E-state index in [1.165, 1.54) is 23.3 Å². The van der Waals surface area contributed by atoms with E-state index in [-0.39, 0.29) is 54.1 Å². The first-order valence-electron chi connectivity index (χ1n) is 19.0. The molecule has 41 heteroatoms. The SMILES string of the molecule is CCC#Cc1cn([C@H]2C[C@@H](OCSSCO[C@@H]3C[C@H](n4cc(C#CCN)c5c(N)ncnc54)O[C@@H]3COP(=O)(O)OP(=O)(O)OP(=O)(O)O)[C@@H](COP(=O)(O)OP(=O)(O)OP(=O)(O)O)O2)c(=O)nc1N. The zero-order chi connectivity index (χ0) is 51.9. The van der Waals surface area contributed by atoms with Crippen LogP contribution < -0.4 is 22.9 Å². The van der Waals surface area contributed by atoms with Crippen LogP contribution in [0.3, 0.4) is 0 Å². The lowest BCUT2D eigenvalue weighted by molar-refractivity contribution is -0.0543. The number of phosphoric ester groups is 2. The maximum absolute atomic E-state index is 12.9. The maximum atomic E-state index is 12.9. The van der Waals surface area contributed by atoms with Crippen molar-refractivity contribution in [3.05, 3.63) is 40.3 Å². The average molecular weight is 1150 g/mol. The Hall–Kier alpha value is -2.46. The van der Waals surface area contributed by atoms with Crippen molar-refractivity contribution >= 4 is 91.2 Å². The zero-order valence-corrected chi connectivity index (χ0v) is 42.3. The number of nitrogen functional groups attached to an aromatic ring is 2. The van der Waals surface area contributed by atoms with E-state index in [9.17, 15) is 51.8 Å². The van der Waals surface area contributed by atoms with Crippen molar-refractivity contribution in [2.45, 2.75) is 63.1 Å². The fraction of sp³-hybridized carbons (Fsp3) is 0.517. The van der Waals surface area contributed by atoms with Gasteiger partial charge in [-0.15, -0.1) is 0 Å². The standard InChI is InChI=1S/C29H42N8O25P6S2/c1-2-3-5-18-11-37(29(38)35-26(18)31)24-9-20(22(58-24)13-56-66(47,48)62-68(51,52)60-64(42,43)44)54-16-70-69-15-53-19-8-23(36-10-17(6-4-7-30)25-27(32)33-14-34-28(25)36)57-21(19)12-55-65(45,46)61-67(49,50)59-63(39,40)41/h10-11,14,19-24H,2,7-9,12-13,15-16,30H2,1H3,(H,45,46)(H,47,48)(H,49,50)(H,51,52)(H2,31,35,38)(H2,32,33,34)(H2,39,40,41)(H2,42,43,44)/t19-,20-,21-,22-,23-,24-/m1/s1. The largest absolute Gasteiger partial charge is 0.490 e. The summed E-state index contributed by atoms with van der Waals surface area (Å²) in [6.07, 6.45) is -2.78. The van der Waals surface area contributed by atoms with E-state index >= 15 is 0 Å². The molecule has 2 aliphatic heterocycles. The van der Waals surface area contributed by atoms with Crippen LogP contribution in [0.2, 0.25) is 0 Å². The number of ether oxygens (including phenoxy) is 4. The monoisotopic (exact) mass is 1150 g/mol. The van der Waals surface area contributed by atoms with Crippen molar-refractivity contribution in [1.82, 2.24) is 24.1 Å². The molecular formula is C29H42N8O25P6S2. The average Bonchev–Trinajstić information content (AvgIpc) is 3.92. The minimum Gasteiger partial charge on any atom is -0.383 e. The summed E-state index contributed by atoms with van der Waals surface area (Å²) in [7, 11) is -32.4. The van der Waals surface area contributed by atoms with Crippen LogP contribution in [0, 0.1) is 23.7 Å². The molecule has 2 saturated heterocycles. The normalized spacial score (nSPS) is 24.1. The number of phosphoric acid groups is 6. The molecule has 0 bridgehead atoms. The summed E-state index contributed by atoms with van der Waals surface area (Å²) in [4.78, 5) is 99.8. The number of anilines is 2. The third kappa shape index (κ3) is 17.6. The molecule has 2 aliphatic rings. The first-order chi connectivity index (χ1) is 32.5. The Kier molecular flexibility index (Phi) is 20.3. The highest BCUT2D eigenvalue weighted by Crippen LogP contribution is 2.67. The van der Waals surface area contributed by atoms with Gasteiger partial charge in [0.25, 0.3) is 0 Å². The van der Waals surface area contributed by atoms with E-state index in [0.717, 1.165) is 26.2 Å². The first-order valence-corrected chi connectivity index (χ1v) is 30.6. The second-order valence-electron chi connectivity index (χ2n) is 13.7. The van der Waals surface area contributed by atoms with E-state index in [4.69, 9.17) is 64.8 Å². The Morgan fingerprint density at radius 1 is 0.700 bits per heavy atom. The molecule has 3 aromatic rings. The van der Waals surface area contributed by atoms with E-state index < -0.39 is 103 Å². The van der Waals surface area contributed by atoms with E-state index in [1.807, 2.05) is 0 Å². The topological polar surface area (TPSA) is 500 Å². The number of hydrogen-bond acceptors (Lipinski definition) is 25. The van der Waals surface area contributed by atoms with Gasteiger partial charge in [-0.1, -0.05) is 52.2 Å². The van der Waals surface area contributed by atoms with Gasteiger partial charge in [-0.25, -0.2) is 42.2 Å². The van der Waals surface area contributed by atoms with Gasteiger partial charge in [0.2, 0.25) is 0 Å². The predicted octanol–water partition coefficient (Wildman–Crippen LogP) is 1.25. The Balaban J connectivity index is 1.28. The van der Waals surface area contributed by atoms with Crippen molar-refractivity contribution in [1.29, 1.82) is 0 Å². The molecule has 0 amide bonds. The van der Waals surface area contributed by atoms with Crippen LogP contribution in [0.1, 0.15) is 49.8 Å². The van der Waals surface area contributed by atoms with Crippen LogP contribution in [0.25, 0.3) is 11.0 Å². The van der Waals surface area contributed by atoms with Gasteiger partial charge in [0.15, 0.2) is 0 Å². The summed E-state index contributed by atoms with van der Waals surface area (Å²) < 4.78 is 122. The lowest BCUT2D eigenvalue weighted by Gasteiger charge is -2.21. The molecular weight excluding hydrogens is 1110 g/mol. The van der Waals surface area contributed by atoms with Crippen molar-refractivity contribution in [3.8, 4) is 23.7 Å². The van der Waals surface area contributed by atoms with Gasteiger partial charge in [0, 0.05) is 31.7 Å². The molecule has 4 unspecified atom stereocenters. The smallest absolute Gasteiger partial charge is 0.383 e. The van der Waals surface area contributed by atoms with Crippen LogP contribution in [0.15, 0.2) is 23.5 Å². The molecule has 3 aromatic heterocycles. The zero-order valence-electron chi connectivity index (χ0n) is 35.3. The Bertz CT molecular complexity index is 2860. The van der Waals surface area contributed by atoms with Crippen LogP contribution in [0.4, 0.5) is 11.6 Å². The van der Waals surface area contributed by atoms with Gasteiger partial charge in [-0.2, -0.15) is 22.2 Å². The molecule has 14 N–H and O–H groups in total. The minimum absolute atomic E-state index is 0.0111. The quantitative estimate of drug-likeness (QED) is 0.0209. The molecule has 10 atom stereocenters. The highest BCUT2D eigenvalue weighted by molar-refractivity contribution is 8.76. The van der Waals surface area contributed by atoms with E-state index in [2.05, 4.69) is 55.9 Å². The van der Waals surface area contributed by atoms with Crippen molar-refractivity contribution in [2.24, 2.45) is 5.73 Å². The minimum atomic E-state index is -5.88. The van der Waals surface area contributed by atoms with Gasteiger partial charge in [0.1, 0.15) is 60.2 Å². The number of hydrogen-bond donors (Lipinski definition) is 11. The fourth-order valence-electron chi connectivity index (χ4n) is 6.17. The van der Waals surface area contributed by atoms with Crippen molar-refractivity contribution in [3.63, 3.8) is 0 Å². The van der Waals surface area contributed by atoms with Gasteiger partial charge >= 0.3 is 52.6 Å². The summed E-state index contributed by atoms with van der Waals surface area (Å²) >= 11 is 0. The van der Waals surface area contributed by atoms with Crippen molar-refractivity contribution in [2.75, 3.05) is 43.1 Å². The van der Waals surface area contributed by atoms with Crippen LogP contribution in [0.5, 0.6) is 0 Å². The number of fused-ring (bicyclic) bond motifs is 1. The molecule has 390 valence electrons. The lowest BCUT2D eigenvalue weighted by Crippen LogP contribution is -2.29. The molecule has 0 aliphatic carbocycles. The predicted molar refractivity (Wildman–Crippen MR) is 239 cm³/mol. The van der Waals surface area contributed by atoms with Crippen LogP contribution >= 0.6 is 68.5 Å². The summed E-state index contributed by atoms with van der Waals surface area (Å²) in [6, 6.07) is 0. The summed E-state index contributed by atoms with van der Waals surface area (Å²) in [5.74, 6) is 10.6. The molecule has 33 nitrogen and oxygen atoms in total. The van der Waals surface area contributed by atoms with Gasteiger partial charge in [-0.3, -0.25) is 13.6 Å². The Morgan fingerprint density at radius 2 is 1.19 bits per heavy atom. The van der Waals surface area contributed by atoms with Gasteiger partial charge in [0.05, 0.1) is 48.5 Å². The maximum Gasteiger partial charge on any atom is 0.490 e. The van der Waals surface area contributed by atoms with Gasteiger partial charge in [-0.05, 0) is 0 Å². The molecule has 0 spiro atoms. The third-order valence-electron chi connectivity index (χ3n) is 8.71. The first kappa shape index (κ1) is 58.4. The molecule has 0 radical (unpaired) electrons. The summed E-state index contributed by atoms with van der Waals surface area (Å²) in [5.41, 5.74) is 17.4. The molecule has 5 rings (SSSR count). The second-order valence-corrected chi connectivity index (χ2v) is 24.9. The summed E-state index contributed by atoms with van der Waals surface area (Å²) in [6.45, 7) is -0.100. The highest BCUT2D eigenvalue weighted by atomic mass is 33.1. The number of aromatic nitrogens is 5. The van der Waals surface area contributed by atoms with Gasteiger partial charge < -0.3 is 79.9 Å². The van der Waals surface area contributed by atoms with E-state index in [0.29, 0.717) is 17.4 Å². The van der Waals surface area contributed by atoms with Crippen LogP contribution in [-0.2, 0) is 72.6 Å². The van der Waals surface area contributed by atoms with Crippen molar-refractivity contribution < 1.29 is 112 Å². The second kappa shape index (κ2) is 24.3. The summed E-state index contributed by atoms with van der Waals surface area (Å²) in [5, 5.41) is 0.340. The molecule has 2 fully saturated rings. The fourth-order valence-corrected chi connectivity index (χ4v) is 13.6. The molecule has 5 heterocycles. The molecule has 0 saturated carbocycles. The van der Waals surface area contributed by atoms with E-state index in [1.54, 1.807) is 6.92 Å². The third-order valence-corrected chi connectivity index (χ3v) is 18.0. The Labute approximate surface area is 401 Å². The van der Waals surface area contributed by atoms with Crippen LogP contribution in [-0.4, -0.2) is 119 Å².